The smallest absolute Gasteiger partial charge is 0.256 e. The van der Waals surface area contributed by atoms with Gasteiger partial charge in [0.15, 0.2) is 0 Å². The predicted octanol–water partition coefficient (Wildman–Crippen LogP) is 2.24. The molecule has 2 aromatic rings. The second kappa shape index (κ2) is 6.56. The van der Waals surface area contributed by atoms with Crippen LogP contribution in [0.2, 0.25) is 0 Å². The lowest BCUT2D eigenvalue weighted by Gasteiger charge is -2.44. The van der Waals surface area contributed by atoms with Gasteiger partial charge in [-0.2, -0.15) is 4.31 Å². The Balaban J connectivity index is 1.63. The summed E-state index contributed by atoms with van der Waals surface area (Å²) in [4.78, 5) is 19.0. The van der Waals surface area contributed by atoms with Crippen molar-refractivity contribution in [3.05, 3.63) is 53.9 Å². The number of hydrogen-bond donors (Lipinski definition) is 0. The van der Waals surface area contributed by atoms with Crippen LogP contribution in [0.25, 0.3) is 0 Å². The van der Waals surface area contributed by atoms with Crippen LogP contribution in [0.5, 0.6) is 5.75 Å². The number of aromatic nitrogens is 1. The van der Waals surface area contributed by atoms with E-state index in [4.69, 9.17) is 4.74 Å². The van der Waals surface area contributed by atoms with Gasteiger partial charge in [0.2, 0.25) is 10.0 Å². The first kappa shape index (κ1) is 18.9. The van der Waals surface area contributed by atoms with Crippen LogP contribution in [0.3, 0.4) is 0 Å². The Kier molecular flexibility index (Phi) is 4.43. The fourth-order valence-electron chi connectivity index (χ4n) is 3.96. The minimum absolute atomic E-state index is 0.0166. The van der Waals surface area contributed by atoms with Gasteiger partial charge in [-0.15, -0.1) is 0 Å². The SMILES string of the molecule is CC(C)Oc1ccc(S(=O)(=O)N2CCN3C(=O)c4cccnc4C3(C)C2)cc1. The van der Waals surface area contributed by atoms with Gasteiger partial charge in [0, 0.05) is 25.8 Å². The molecule has 0 N–H and O–H groups in total. The van der Waals surface area contributed by atoms with Crippen LogP contribution in [-0.2, 0) is 15.6 Å². The Morgan fingerprint density at radius 3 is 2.54 bits per heavy atom. The minimum Gasteiger partial charge on any atom is -0.491 e. The summed E-state index contributed by atoms with van der Waals surface area (Å²) in [6.07, 6.45) is 1.66. The van der Waals surface area contributed by atoms with E-state index in [0.29, 0.717) is 23.6 Å². The molecule has 1 atom stereocenters. The summed E-state index contributed by atoms with van der Waals surface area (Å²) in [5.74, 6) is 0.545. The van der Waals surface area contributed by atoms with E-state index in [1.165, 1.54) is 4.31 Å². The van der Waals surface area contributed by atoms with Gasteiger partial charge >= 0.3 is 0 Å². The molecule has 1 amide bonds. The maximum atomic E-state index is 13.2. The monoisotopic (exact) mass is 401 g/mol. The van der Waals surface area contributed by atoms with Crippen molar-refractivity contribution in [1.82, 2.24) is 14.2 Å². The van der Waals surface area contributed by atoms with Crippen molar-refractivity contribution in [2.24, 2.45) is 0 Å². The number of carbonyl (C=O) groups is 1. The van der Waals surface area contributed by atoms with E-state index < -0.39 is 15.6 Å². The Morgan fingerprint density at radius 1 is 1.14 bits per heavy atom. The molecule has 148 valence electrons. The molecule has 8 heteroatoms. The lowest BCUT2D eigenvalue weighted by atomic mass is 9.95. The number of nitrogens with zero attached hydrogens (tertiary/aromatic N) is 3. The van der Waals surface area contributed by atoms with E-state index in [1.807, 2.05) is 20.8 Å². The van der Waals surface area contributed by atoms with Gasteiger partial charge in [-0.05, 0) is 57.2 Å². The number of hydrogen-bond acceptors (Lipinski definition) is 5. The molecule has 1 unspecified atom stereocenters. The van der Waals surface area contributed by atoms with E-state index in [1.54, 1.807) is 47.5 Å². The summed E-state index contributed by atoms with van der Waals surface area (Å²) in [5, 5.41) is 0. The molecule has 1 aromatic carbocycles. The second-order valence-corrected chi connectivity index (χ2v) is 9.54. The Morgan fingerprint density at radius 2 is 1.86 bits per heavy atom. The largest absolute Gasteiger partial charge is 0.491 e. The molecule has 3 heterocycles. The number of amides is 1. The standard InChI is InChI=1S/C20H23N3O4S/c1-14(2)27-15-6-8-16(9-7-15)28(25,26)22-11-12-23-19(24)17-5-4-10-21-18(17)20(23,3)13-22/h4-10,14H,11-13H2,1-3H3. The molecule has 0 spiro atoms. The zero-order chi connectivity index (χ0) is 20.1. The molecule has 1 fully saturated rings. The lowest BCUT2D eigenvalue weighted by molar-refractivity contribution is 0.0365. The normalized spacial score (nSPS) is 22.3. The summed E-state index contributed by atoms with van der Waals surface area (Å²) >= 11 is 0. The van der Waals surface area contributed by atoms with Gasteiger partial charge in [-0.25, -0.2) is 8.42 Å². The maximum absolute atomic E-state index is 13.2. The summed E-state index contributed by atoms with van der Waals surface area (Å²) in [6, 6.07) is 9.94. The highest BCUT2D eigenvalue weighted by molar-refractivity contribution is 7.89. The Hall–Kier alpha value is -2.45. The Bertz CT molecular complexity index is 1020. The van der Waals surface area contributed by atoms with Crippen LogP contribution in [-0.4, -0.2) is 54.3 Å². The van der Waals surface area contributed by atoms with Gasteiger partial charge in [-0.1, -0.05) is 0 Å². The molecular weight excluding hydrogens is 378 g/mol. The topological polar surface area (TPSA) is 79.8 Å². The highest BCUT2D eigenvalue weighted by Gasteiger charge is 2.52. The molecule has 2 aliphatic heterocycles. The molecule has 0 radical (unpaired) electrons. The molecular formula is C20H23N3O4S. The van der Waals surface area contributed by atoms with Crippen LogP contribution >= 0.6 is 0 Å². The van der Waals surface area contributed by atoms with Crippen molar-refractivity contribution in [1.29, 1.82) is 0 Å². The van der Waals surface area contributed by atoms with Crippen LogP contribution in [0.1, 0.15) is 36.8 Å². The number of carbonyl (C=O) groups excluding carboxylic acids is 1. The van der Waals surface area contributed by atoms with E-state index in [9.17, 15) is 13.2 Å². The molecule has 0 bridgehead atoms. The van der Waals surface area contributed by atoms with Gasteiger partial charge in [0.1, 0.15) is 5.75 Å². The van der Waals surface area contributed by atoms with E-state index in [2.05, 4.69) is 4.98 Å². The second-order valence-electron chi connectivity index (χ2n) is 7.61. The quantitative estimate of drug-likeness (QED) is 0.785. The lowest BCUT2D eigenvalue weighted by Crippen LogP contribution is -2.58. The molecule has 7 nitrogen and oxygen atoms in total. The number of ether oxygens (including phenoxy) is 1. The van der Waals surface area contributed by atoms with Gasteiger partial charge < -0.3 is 9.64 Å². The van der Waals surface area contributed by atoms with Gasteiger partial charge in [0.05, 0.1) is 27.8 Å². The third-order valence-corrected chi connectivity index (χ3v) is 7.14. The predicted molar refractivity (Wildman–Crippen MR) is 104 cm³/mol. The van der Waals surface area contributed by atoms with Crippen LogP contribution < -0.4 is 4.74 Å². The first-order chi connectivity index (χ1) is 13.2. The molecule has 28 heavy (non-hydrogen) atoms. The average molecular weight is 401 g/mol. The molecule has 4 rings (SSSR count). The molecule has 1 saturated heterocycles. The summed E-state index contributed by atoms with van der Waals surface area (Å²) in [6.45, 7) is 6.47. The van der Waals surface area contributed by atoms with Crippen molar-refractivity contribution in [3.8, 4) is 5.75 Å². The Labute approximate surface area is 165 Å². The zero-order valence-electron chi connectivity index (χ0n) is 16.1. The number of pyridine rings is 1. The van der Waals surface area contributed by atoms with E-state index in [0.717, 1.165) is 0 Å². The highest BCUT2D eigenvalue weighted by Crippen LogP contribution is 2.41. The van der Waals surface area contributed by atoms with Crippen molar-refractivity contribution in [2.75, 3.05) is 19.6 Å². The third-order valence-electron chi connectivity index (χ3n) is 5.28. The van der Waals surface area contributed by atoms with Crippen molar-refractivity contribution in [2.45, 2.75) is 37.3 Å². The van der Waals surface area contributed by atoms with Crippen LogP contribution in [0.15, 0.2) is 47.5 Å². The van der Waals surface area contributed by atoms with Gasteiger partial charge in [0.25, 0.3) is 5.91 Å². The summed E-state index contributed by atoms with van der Waals surface area (Å²) in [7, 11) is -3.69. The number of fused-ring (bicyclic) bond motifs is 3. The van der Waals surface area contributed by atoms with Crippen molar-refractivity contribution >= 4 is 15.9 Å². The number of piperazine rings is 1. The fraction of sp³-hybridized carbons (Fsp3) is 0.400. The first-order valence-corrected chi connectivity index (χ1v) is 10.7. The van der Waals surface area contributed by atoms with E-state index in [-0.39, 0.29) is 30.0 Å². The highest BCUT2D eigenvalue weighted by atomic mass is 32.2. The zero-order valence-corrected chi connectivity index (χ0v) is 16.9. The molecule has 2 aliphatic rings. The van der Waals surface area contributed by atoms with Crippen LogP contribution in [0, 0.1) is 0 Å². The minimum atomic E-state index is -3.69. The number of benzene rings is 1. The summed E-state index contributed by atoms with van der Waals surface area (Å²) < 4.78 is 33.4. The van der Waals surface area contributed by atoms with Crippen molar-refractivity contribution < 1.29 is 17.9 Å². The van der Waals surface area contributed by atoms with Crippen molar-refractivity contribution in [3.63, 3.8) is 0 Å². The maximum Gasteiger partial charge on any atom is 0.256 e. The van der Waals surface area contributed by atoms with E-state index >= 15 is 0 Å². The third kappa shape index (κ3) is 2.87. The van der Waals surface area contributed by atoms with Gasteiger partial charge in [-0.3, -0.25) is 9.78 Å². The number of sulfonamides is 1. The first-order valence-electron chi connectivity index (χ1n) is 9.28. The molecule has 1 aromatic heterocycles. The van der Waals surface area contributed by atoms with Crippen LogP contribution in [0.4, 0.5) is 0 Å². The number of rotatable bonds is 4. The molecule has 0 aliphatic carbocycles. The molecule has 0 saturated carbocycles. The average Bonchev–Trinajstić information content (AvgIpc) is 2.89. The fourth-order valence-corrected chi connectivity index (χ4v) is 5.49. The summed E-state index contributed by atoms with van der Waals surface area (Å²) in [5.41, 5.74) is 0.430.